The van der Waals surface area contributed by atoms with E-state index in [1.54, 1.807) is 0 Å². The van der Waals surface area contributed by atoms with E-state index in [0.29, 0.717) is 6.42 Å². The van der Waals surface area contributed by atoms with Gasteiger partial charge in [0.1, 0.15) is 11.9 Å². The Hall–Kier alpha value is -2.42. The van der Waals surface area contributed by atoms with Gasteiger partial charge in [0.15, 0.2) is 0 Å². The maximum atomic E-state index is 13.7. The molecule has 1 saturated heterocycles. The van der Waals surface area contributed by atoms with E-state index >= 15 is 0 Å². The first kappa shape index (κ1) is 13.0. The summed E-state index contributed by atoms with van der Waals surface area (Å²) in [6.07, 6.45) is 0.583. The summed E-state index contributed by atoms with van der Waals surface area (Å²) in [5.74, 6) is -1.20. The van der Waals surface area contributed by atoms with Crippen molar-refractivity contribution in [2.45, 2.75) is 18.9 Å². The van der Waals surface area contributed by atoms with Gasteiger partial charge in [-0.3, -0.25) is 14.5 Å². The van der Waals surface area contributed by atoms with Crippen LogP contribution < -0.4 is 5.32 Å². The van der Waals surface area contributed by atoms with Crippen LogP contribution in [0, 0.1) is 17.1 Å². The van der Waals surface area contributed by atoms with Crippen molar-refractivity contribution in [3.8, 4) is 6.07 Å². The third kappa shape index (κ3) is 2.55. The van der Waals surface area contributed by atoms with Gasteiger partial charge in [-0.1, -0.05) is 0 Å². The first-order chi connectivity index (χ1) is 9.02. The van der Waals surface area contributed by atoms with E-state index in [9.17, 15) is 14.0 Å². The summed E-state index contributed by atoms with van der Waals surface area (Å²) in [5, 5.41) is 11.4. The normalized spacial score (nSPS) is 19.2. The molecule has 1 heterocycles. The van der Waals surface area contributed by atoms with Crippen molar-refractivity contribution < 1.29 is 14.0 Å². The second-order valence-corrected chi connectivity index (χ2v) is 4.33. The molecule has 1 unspecified atom stereocenters. The standard InChI is InChI=1S/C13H12FN3O2/c1-17-12(18)5-4-11(13(17)19)16-10-3-2-8(7-15)6-9(10)14/h2-3,6,11,16H,4-5H2,1H3. The van der Waals surface area contributed by atoms with Crippen molar-refractivity contribution in [3.05, 3.63) is 29.6 Å². The third-order valence-corrected chi connectivity index (χ3v) is 3.08. The smallest absolute Gasteiger partial charge is 0.251 e. The van der Waals surface area contributed by atoms with Crippen molar-refractivity contribution in [2.75, 3.05) is 12.4 Å². The number of halogens is 1. The molecule has 6 heteroatoms. The average Bonchev–Trinajstić information content (AvgIpc) is 2.41. The minimum atomic E-state index is -0.620. The highest BCUT2D eigenvalue weighted by atomic mass is 19.1. The minimum absolute atomic E-state index is 0.153. The lowest BCUT2D eigenvalue weighted by Gasteiger charge is -2.28. The molecule has 5 nitrogen and oxygen atoms in total. The molecular weight excluding hydrogens is 249 g/mol. The molecule has 0 radical (unpaired) electrons. The zero-order valence-corrected chi connectivity index (χ0v) is 10.3. The highest BCUT2D eigenvalue weighted by Gasteiger charge is 2.31. The van der Waals surface area contributed by atoms with E-state index in [1.807, 2.05) is 6.07 Å². The van der Waals surface area contributed by atoms with Gasteiger partial charge < -0.3 is 5.32 Å². The Bertz CT molecular complexity index is 580. The number of anilines is 1. The van der Waals surface area contributed by atoms with E-state index in [2.05, 4.69) is 5.32 Å². The lowest BCUT2D eigenvalue weighted by molar-refractivity contribution is -0.146. The molecule has 1 aliphatic rings. The number of piperidine rings is 1. The van der Waals surface area contributed by atoms with Crippen LogP contribution in [-0.4, -0.2) is 29.8 Å². The Morgan fingerprint density at radius 1 is 1.47 bits per heavy atom. The van der Waals surface area contributed by atoms with Crippen LogP contribution in [0.25, 0.3) is 0 Å². The molecule has 1 fully saturated rings. The lowest BCUT2D eigenvalue weighted by Crippen LogP contribution is -2.48. The van der Waals surface area contributed by atoms with Gasteiger partial charge in [0.25, 0.3) is 5.91 Å². The molecule has 1 atom stereocenters. The van der Waals surface area contributed by atoms with Crippen molar-refractivity contribution in [3.63, 3.8) is 0 Å². The Morgan fingerprint density at radius 3 is 2.84 bits per heavy atom. The number of likely N-dealkylation sites (tertiary alicyclic amines) is 1. The number of nitriles is 1. The van der Waals surface area contributed by atoms with Crippen molar-refractivity contribution in [1.29, 1.82) is 5.26 Å². The van der Waals surface area contributed by atoms with E-state index in [1.165, 1.54) is 19.2 Å². The monoisotopic (exact) mass is 261 g/mol. The SMILES string of the molecule is CN1C(=O)CCC(Nc2ccc(C#N)cc2F)C1=O. The van der Waals surface area contributed by atoms with Gasteiger partial charge in [0.2, 0.25) is 5.91 Å². The van der Waals surface area contributed by atoms with Gasteiger partial charge in [-0.2, -0.15) is 5.26 Å². The summed E-state index contributed by atoms with van der Waals surface area (Å²) < 4.78 is 13.7. The molecule has 98 valence electrons. The van der Waals surface area contributed by atoms with Crippen LogP contribution in [0.15, 0.2) is 18.2 Å². The quantitative estimate of drug-likeness (QED) is 0.813. The van der Waals surface area contributed by atoms with Crippen LogP contribution in [0.5, 0.6) is 0 Å². The molecule has 2 rings (SSSR count). The summed E-state index contributed by atoms with van der Waals surface area (Å²) in [5.41, 5.74) is 0.366. The molecule has 0 aliphatic carbocycles. The maximum absolute atomic E-state index is 13.7. The predicted molar refractivity (Wildman–Crippen MR) is 65.5 cm³/mol. The van der Waals surface area contributed by atoms with E-state index in [-0.39, 0.29) is 29.5 Å². The summed E-state index contributed by atoms with van der Waals surface area (Å²) >= 11 is 0. The van der Waals surface area contributed by atoms with Crippen molar-refractivity contribution in [1.82, 2.24) is 4.90 Å². The largest absolute Gasteiger partial charge is 0.371 e. The van der Waals surface area contributed by atoms with Crippen LogP contribution in [0.2, 0.25) is 0 Å². The fourth-order valence-corrected chi connectivity index (χ4v) is 1.94. The Kier molecular flexibility index (Phi) is 3.47. The van der Waals surface area contributed by atoms with Gasteiger partial charge in [-0.25, -0.2) is 4.39 Å². The summed E-state index contributed by atoms with van der Waals surface area (Å²) in [6, 6.07) is 5.19. The highest BCUT2D eigenvalue weighted by molar-refractivity contribution is 6.01. The molecule has 0 aromatic heterocycles. The molecule has 19 heavy (non-hydrogen) atoms. The Morgan fingerprint density at radius 2 is 2.21 bits per heavy atom. The van der Waals surface area contributed by atoms with Gasteiger partial charge in [-0.15, -0.1) is 0 Å². The molecule has 0 spiro atoms. The van der Waals surface area contributed by atoms with Gasteiger partial charge >= 0.3 is 0 Å². The van der Waals surface area contributed by atoms with Crippen LogP contribution in [-0.2, 0) is 9.59 Å². The number of carbonyl (C=O) groups excluding carboxylic acids is 2. The molecular formula is C13H12FN3O2. The Labute approximate surface area is 109 Å². The number of hydrogen-bond donors (Lipinski definition) is 1. The van der Waals surface area contributed by atoms with E-state index in [4.69, 9.17) is 5.26 Å². The second-order valence-electron chi connectivity index (χ2n) is 4.33. The third-order valence-electron chi connectivity index (χ3n) is 3.08. The number of benzene rings is 1. The van der Waals surface area contributed by atoms with Crippen LogP contribution in [0.4, 0.5) is 10.1 Å². The number of imide groups is 1. The fourth-order valence-electron chi connectivity index (χ4n) is 1.94. The van der Waals surface area contributed by atoms with Crippen molar-refractivity contribution in [2.24, 2.45) is 0 Å². The van der Waals surface area contributed by atoms with Crippen LogP contribution in [0.3, 0.4) is 0 Å². The molecule has 1 N–H and O–H groups in total. The Balaban J connectivity index is 2.16. The number of amides is 2. The zero-order chi connectivity index (χ0) is 14.0. The average molecular weight is 261 g/mol. The second kappa shape index (κ2) is 5.06. The fraction of sp³-hybridized carbons (Fsp3) is 0.308. The number of nitrogens with one attached hydrogen (secondary N) is 1. The number of rotatable bonds is 2. The molecule has 0 bridgehead atoms. The van der Waals surface area contributed by atoms with Crippen LogP contribution in [0.1, 0.15) is 18.4 Å². The topological polar surface area (TPSA) is 73.2 Å². The highest BCUT2D eigenvalue weighted by Crippen LogP contribution is 2.20. The summed E-state index contributed by atoms with van der Waals surface area (Å²) in [6.45, 7) is 0. The lowest BCUT2D eigenvalue weighted by atomic mass is 10.0. The predicted octanol–water partition coefficient (Wildman–Crippen LogP) is 1.26. The number of nitrogens with zero attached hydrogens (tertiary/aromatic N) is 2. The molecule has 1 aliphatic heterocycles. The number of carbonyl (C=O) groups is 2. The van der Waals surface area contributed by atoms with Gasteiger partial charge in [0, 0.05) is 13.5 Å². The zero-order valence-electron chi connectivity index (χ0n) is 10.3. The van der Waals surface area contributed by atoms with E-state index in [0.717, 1.165) is 11.0 Å². The molecule has 2 amide bonds. The first-order valence-electron chi connectivity index (χ1n) is 5.79. The molecule has 0 saturated carbocycles. The van der Waals surface area contributed by atoms with Gasteiger partial charge in [0.05, 0.1) is 17.3 Å². The summed E-state index contributed by atoms with van der Waals surface area (Å²) in [7, 11) is 1.41. The van der Waals surface area contributed by atoms with Gasteiger partial charge in [-0.05, 0) is 24.6 Å². The molecule has 1 aromatic rings. The van der Waals surface area contributed by atoms with Crippen LogP contribution >= 0.6 is 0 Å². The maximum Gasteiger partial charge on any atom is 0.251 e. The number of likely N-dealkylation sites (N-methyl/N-ethyl adjacent to an activating group) is 1. The minimum Gasteiger partial charge on any atom is -0.371 e. The van der Waals surface area contributed by atoms with Crippen molar-refractivity contribution >= 4 is 17.5 Å². The first-order valence-corrected chi connectivity index (χ1v) is 5.79. The number of hydrogen-bond acceptors (Lipinski definition) is 4. The molecule has 1 aromatic carbocycles. The summed E-state index contributed by atoms with van der Waals surface area (Å²) in [4.78, 5) is 24.2. The van der Waals surface area contributed by atoms with E-state index < -0.39 is 11.9 Å².